The van der Waals surface area contributed by atoms with Crippen LogP contribution in [0.15, 0.2) is 65.6 Å². The van der Waals surface area contributed by atoms with E-state index in [0.717, 1.165) is 15.7 Å². The highest BCUT2D eigenvalue weighted by Crippen LogP contribution is 2.26. The van der Waals surface area contributed by atoms with Crippen LogP contribution in [0.3, 0.4) is 0 Å². The van der Waals surface area contributed by atoms with Gasteiger partial charge in [-0.3, -0.25) is 19.1 Å². The molecule has 0 aliphatic heterocycles. The Morgan fingerprint density at radius 2 is 1.77 bits per heavy atom. The van der Waals surface area contributed by atoms with Crippen LogP contribution in [0.2, 0.25) is 0 Å². The number of nitro groups is 1. The Kier molecular flexibility index (Phi) is 6.18. The fourth-order valence-corrected chi connectivity index (χ4v) is 4.63. The van der Waals surface area contributed by atoms with E-state index in [2.05, 4.69) is 5.10 Å². The molecule has 1 atom stereocenters. The molecular formula is C20H22N4O5S. The molecule has 1 N–H and O–H groups in total. The standard InChI is InChI=1S/C20H22N4O5S/c1-15-12-16(2)22(21-15)13-19(25)14-23(17-8-10-18(11-9-17)24(26)27)30(28,29)20-6-4-3-5-7-20/h3-12,19,25H,13-14H2,1-2H3. The van der Waals surface area contributed by atoms with Gasteiger partial charge in [0.1, 0.15) is 0 Å². The van der Waals surface area contributed by atoms with E-state index in [9.17, 15) is 23.6 Å². The van der Waals surface area contributed by atoms with Gasteiger partial charge in [0.2, 0.25) is 0 Å². The summed E-state index contributed by atoms with van der Waals surface area (Å²) >= 11 is 0. The SMILES string of the molecule is Cc1cc(C)n(CC(O)CN(c2ccc([N+](=O)[O-])cc2)S(=O)(=O)c2ccccc2)n1. The van der Waals surface area contributed by atoms with Crippen molar-refractivity contribution in [2.24, 2.45) is 0 Å². The third kappa shape index (κ3) is 4.66. The number of anilines is 1. The predicted octanol–water partition coefficient (Wildman–Crippen LogP) is 2.66. The summed E-state index contributed by atoms with van der Waals surface area (Å²) in [5.41, 5.74) is 1.71. The molecule has 10 heteroatoms. The molecule has 0 saturated heterocycles. The summed E-state index contributed by atoms with van der Waals surface area (Å²) in [6.07, 6.45) is -1.06. The Morgan fingerprint density at radius 1 is 1.13 bits per heavy atom. The van der Waals surface area contributed by atoms with Gasteiger partial charge in [0, 0.05) is 17.8 Å². The second-order valence-corrected chi connectivity index (χ2v) is 8.75. The van der Waals surface area contributed by atoms with Gasteiger partial charge < -0.3 is 5.11 Å². The lowest BCUT2D eigenvalue weighted by atomic mass is 10.2. The van der Waals surface area contributed by atoms with Crippen molar-refractivity contribution in [1.29, 1.82) is 0 Å². The van der Waals surface area contributed by atoms with Crippen LogP contribution in [-0.2, 0) is 16.6 Å². The molecule has 0 saturated carbocycles. The maximum absolute atomic E-state index is 13.3. The maximum atomic E-state index is 13.3. The summed E-state index contributed by atoms with van der Waals surface area (Å²) in [4.78, 5) is 10.4. The number of hydrogen-bond donors (Lipinski definition) is 1. The van der Waals surface area contributed by atoms with Gasteiger partial charge in [-0.25, -0.2) is 8.42 Å². The first-order valence-corrected chi connectivity index (χ1v) is 10.6. The van der Waals surface area contributed by atoms with Crippen molar-refractivity contribution in [1.82, 2.24) is 9.78 Å². The van der Waals surface area contributed by atoms with Gasteiger partial charge in [0.25, 0.3) is 15.7 Å². The minimum absolute atomic E-state index is 0.0571. The molecule has 9 nitrogen and oxygen atoms in total. The van der Waals surface area contributed by atoms with E-state index < -0.39 is 21.1 Å². The number of aromatic nitrogens is 2. The number of benzene rings is 2. The van der Waals surface area contributed by atoms with Crippen molar-refractivity contribution in [3.05, 3.63) is 82.2 Å². The molecule has 1 aromatic heterocycles. The van der Waals surface area contributed by atoms with Crippen molar-refractivity contribution in [2.45, 2.75) is 31.4 Å². The number of nitro benzene ring substituents is 1. The minimum Gasteiger partial charge on any atom is -0.389 e. The molecule has 158 valence electrons. The Morgan fingerprint density at radius 3 is 2.30 bits per heavy atom. The highest BCUT2D eigenvalue weighted by molar-refractivity contribution is 7.92. The Bertz CT molecular complexity index is 1130. The van der Waals surface area contributed by atoms with Crippen molar-refractivity contribution in [2.75, 3.05) is 10.8 Å². The monoisotopic (exact) mass is 430 g/mol. The maximum Gasteiger partial charge on any atom is 0.269 e. The molecular weight excluding hydrogens is 408 g/mol. The topological polar surface area (TPSA) is 119 Å². The van der Waals surface area contributed by atoms with E-state index in [-0.39, 0.29) is 29.4 Å². The molecule has 1 unspecified atom stereocenters. The summed E-state index contributed by atoms with van der Waals surface area (Å²) in [6, 6.07) is 14.9. The van der Waals surface area contributed by atoms with Crippen molar-refractivity contribution in [3.63, 3.8) is 0 Å². The lowest BCUT2D eigenvalue weighted by Crippen LogP contribution is -2.39. The molecule has 0 amide bonds. The average molecular weight is 430 g/mol. The van der Waals surface area contributed by atoms with Crippen LogP contribution in [0.1, 0.15) is 11.4 Å². The molecule has 3 aromatic rings. The Balaban J connectivity index is 1.94. The predicted molar refractivity (Wildman–Crippen MR) is 112 cm³/mol. The van der Waals surface area contributed by atoms with Gasteiger partial charge in [0.05, 0.1) is 40.4 Å². The van der Waals surface area contributed by atoms with Crippen LogP contribution in [-0.4, -0.2) is 40.9 Å². The number of aryl methyl sites for hydroxylation is 2. The lowest BCUT2D eigenvalue weighted by molar-refractivity contribution is -0.384. The zero-order valence-corrected chi connectivity index (χ0v) is 17.4. The number of nitrogens with zero attached hydrogens (tertiary/aromatic N) is 4. The quantitative estimate of drug-likeness (QED) is 0.433. The summed E-state index contributed by atoms with van der Waals surface area (Å²) in [7, 11) is -4.01. The molecule has 30 heavy (non-hydrogen) atoms. The lowest BCUT2D eigenvalue weighted by Gasteiger charge is -2.27. The van der Waals surface area contributed by atoms with Crippen LogP contribution in [0.4, 0.5) is 11.4 Å². The third-order valence-corrected chi connectivity index (χ3v) is 6.35. The molecule has 0 aliphatic carbocycles. The van der Waals surface area contributed by atoms with E-state index in [1.165, 1.54) is 36.4 Å². The van der Waals surface area contributed by atoms with Crippen molar-refractivity contribution >= 4 is 21.4 Å². The zero-order valence-electron chi connectivity index (χ0n) is 16.5. The number of aliphatic hydroxyl groups excluding tert-OH is 1. The normalized spacial score (nSPS) is 12.5. The molecule has 0 spiro atoms. The Labute approximate surface area is 174 Å². The summed E-state index contributed by atoms with van der Waals surface area (Å²) in [5.74, 6) is 0. The zero-order chi connectivity index (χ0) is 21.9. The molecule has 0 fully saturated rings. The molecule has 3 rings (SSSR count). The van der Waals surface area contributed by atoms with Gasteiger partial charge in [-0.05, 0) is 44.2 Å². The van der Waals surface area contributed by atoms with E-state index in [4.69, 9.17) is 0 Å². The number of sulfonamides is 1. The highest BCUT2D eigenvalue weighted by Gasteiger charge is 2.28. The van der Waals surface area contributed by atoms with Gasteiger partial charge in [-0.15, -0.1) is 0 Å². The third-order valence-electron chi connectivity index (χ3n) is 4.54. The summed E-state index contributed by atoms with van der Waals surface area (Å²) in [5, 5.41) is 25.9. The summed E-state index contributed by atoms with van der Waals surface area (Å²) in [6.45, 7) is 3.54. The first kappa shape index (κ1) is 21.5. The van der Waals surface area contributed by atoms with Crippen LogP contribution in [0, 0.1) is 24.0 Å². The largest absolute Gasteiger partial charge is 0.389 e. The van der Waals surface area contributed by atoms with Gasteiger partial charge in [0.15, 0.2) is 0 Å². The van der Waals surface area contributed by atoms with E-state index in [1.54, 1.807) is 22.9 Å². The van der Waals surface area contributed by atoms with Gasteiger partial charge >= 0.3 is 0 Å². The number of hydrogen-bond acceptors (Lipinski definition) is 6. The molecule has 1 heterocycles. The average Bonchev–Trinajstić information content (AvgIpc) is 3.03. The van der Waals surface area contributed by atoms with E-state index in [1.807, 2.05) is 19.9 Å². The van der Waals surface area contributed by atoms with E-state index >= 15 is 0 Å². The second kappa shape index (κ2) is 8.64. The van der Waals surface area contributed by atoms with Crippen LogP contribution in [0.5, 0.6) is 0 Å². The molecule has 0 aliphatic rings. The highest BCUT2D eigenvalue weighted by atomic mass is 32.2. The Hall–Kier alpha value is -3.24. The summed E-state index contributed by atoms with van der Waals surface area (Å²) < 4.78 is 29.2. The van der Waals surface area contributed by atoms with E-state index in [0.29, 0.717) is 0 Å². The number of aliphatic hydroxyl groups is 1. The van der Waals surface area contributed by atoms with Crippen LogP contribution >= 0.6 is 0 Å². The minimum atomic E-state index is -4.01. The first-order valence-electron chi connectivity index (χ1n) is 9.20. The number of rotatable bonds is 8. The van der Waals surface area contributed by atoms with Crippen molar-refractivity contribution < 1.29 is 18.4 Å². The number of non-ortho nitro benzene ring substituents is 1. The van der Waals surface area contributed by atoms with Gasteiger partial charge in [-0.1, -0.05) is 18.2 Å². The second-order valence-electron chi connectivity index (χ2n) is 6.89. The molecule has 2 aromatic carbocycles. The fourth-order valence-electron chi connectivity index (χ4n) is 3.11. The van der Waals surface area contributed by atoms with Crippen LogP contribution < -0.4 is 4.31 Å². The van der Waals surface area contributed by atoms with Crippen molar-refractivity contribution in [3.8, 4) is 0 Å². The fraction of sp³-hybridized carbons (Fsp3) is 0.250. The smallest absolute Gasteiger partial charge is 0.269 e. The van der Waals surface area contributed by atoms with Crippen LogP contribution in [0.25, 0.3) is 0 Å². The molecule has 0 bridgehead atoms. The molecule has 0 radical (unpaired) electrons. The van der Waals surface area contributed by atoms with Gasteiger partial charge in [-0.2, -0.15) is 5.10 Å². The first-order chi connectivity index (χ1) is 14.2.